The maximum Gasteiger partial charge on any atom is 0.294 e. The van der Waals surface area contributed by atoms with Gasteiger partial charge in [-0.25, -0.2) is 9.97 Å². The molecule has 9 heteroatoms. The highest BCUT2D eigenvalue weighted by atomic mass is 32.2. The van der Waals surface area contributed by atoms with E-state index in [9.17, 15) is 13.0 Å². The van der Waals surface area contributed by atoms with E-state index in [4.69, 9.17) is 4.98 Å². The molecule has 0 saturated carbocycles. The zero-order valence-electron chi connectivity index (χ0n) is 17.5. The summed E-state index contributed by atoms with van der Waals surface area (Å²) in [5.41, 5.74) is 2.20. The van der Waals surface area contributed by atoms with Gasteiger partial charge in [-0.2, -0.15) is 8.42 Å². The van der Waals surface area contributed by atoms with Crippen LogP contribution < -0.4 is 10.6 Å². The maximum atomic E-state index is 11.4. The van der Waals surface area contributed by atoms with Crippen molar-refractivity contribution in [1.82, 2.24) is 20.3 Å². The Hall–Kier alpha value is -2.49. The zero-order valence-corrected chi connectivity index (χ0v) is 18.3. The molecule has 1 aromatic carbocycles. The molecular formula is C21H27N5O3S. The minimum absolute atomic E-state index is 0.0125. The molecule has 0 spiro atoms. The Balaban J connectivity index is 1.63. The summed E-state index contributed by atoms with van der Waals surface area (Å²) in [7, 11) is -4.25. The van der Waals surface area contributed by atoms with Gasteiger partial charge in [0.15, 0.2) is 0 Å². The molecule has 4 rings (SSSR count). The number of nitrogens with zero attached hydrogens (tertiary/aromatic N) is 2. The van der Waals surface area contributed by atoms with Gasteiger partial charge in [0.1, 0.15) is 0 Å². The van der Waals surface area contributed by atoms with Gasteiger partial charge in [-0.05, 0) is 58.7 Å². The van der Waals surface area contributed by atoms with Crippen LogP contribution in [0.2, 0.25) is 0 Å². The summed E-state index contributed by atoms with van der Waals surface area (Å²) < 4.78 is 32.0. The lowest BCUT2D eigenvalue weighted by atomic mass is 9.80. The molecule has 0 bridgehead atoms. The highest BCUT2D eigenvalue weighted by Crippen LogP contribution is 2.32. The van der Waals surface area contributed by atoms with Crippen LogP contribution in [0.25, 0.3) is 22.2 Å². The summed E-state index contributed by atoms with van der Waals surface area (Å²) in [5, 5.41) is 7.97. The number of aromatic nitrogens is 3. The first kappa shape index (κ1) is 20.8. The van der Waals surface area contributed by atoms with Crippen LogP contribution in [0.15, 0.2) is 41.6 Å². The van der Waals surface area contributed by atoms with Crippen molar-refractivity contribution >= 4 is 27.0 Å². The summed E-state index contributed by atoms with van der Waals surface area (Å²) in [6, 6.07) is 6.52. The maximum absolute atomic E-state index is 11.4. The lowest BCUT2D eigenvalue weighted by Gasteiger charge is -2.46. The number of benzene rings is 1. The first-order chi connectivity index (χ1) is 13.9. The molecule has 0 aliphatic carbocycles. The van der Waals surface area contributed by atoms with Crippen molar-refractivity contribution in [3.05, 3.63) is 36.7 Å². The van der Waals surface area contributed by atoms with E-state index in [1.807, 2.05) is 6.07 Å². The summed E-state index contributed by atoms with van der Waals surface area (Å²) in [6.07, 6.45) is 5.40. The largest absolute Gasteiger partial charge is 0.360 e. The van der Waals surface area contributed by atoms with E-state index in [1.165, 1.54) is 12.1 Å². The first-order valence-electron chi connectivity index (χ1n) is 9.90. The molecule has 1 aliphatic rings. The second-order valence-corrected chi connectivity index (χ2v) is 10.7. The first-order valence-corrected chi connectivity index (χ1v) is 11.3. The summed E-state index contributed by atoms with van der Waals surface area (Å²) in [5.74, 6) is 0.565. The fourth-order valence-corrected chi connectivity index (χ4v) is 5.17. The fraction of sp³-hybridized carbons (Fsp3) is 0.429. The molecular weight excluding hydrogens is 402 g/mol. The number of H-pyrrole nitrogens is 1. The third kappa shape index (κ3) is 4.33. The minimum atomic E-state index is -4.25. The Kier molecular flexibility index (Phi) is 4.87. The van der Waals surface area contributed by atoms with Gasteiger partial charge in [0.2, 0.25) is 5.95 Å². The average Bonchev–Trinajstić information content (AvgIpc) is 3.01. The monoisotopic (exact) mass is 429 g/mol. The van der Waals surface area contributed by atoms with Crippen molar-refractivity contribution in [2.45, 2.75) is 62.6 Å². The Morgan fingerprint density at radius 1 is 1.13 bits per heavy atom. The summed E-state index contributed by atoms with van der Waals surface area (Å²) in [4.78, 5) is 12.0. The van der Waals surface area contributed by atoms with Crippen LogP contribution >= 0.6 is 0 Å². The molecule has 4 N–H and O–H groups in total. The molecule has 2 aromatic heterocycles. The van der Waals surface area contributed by atoms with Gasteiger partial charge in [-0.1, -0.05) is 6.07 Å². The quantitative estimate of drug-likeness (QED) is 0.468. The summed E-state index contributed by atoms with van der Waals surface area (Å²) >= 11 is 0. The second kappa shape index (κ2) is 7.04. The predicted octanol–water partition coefficient (Wildman–Crippen LogP) is 3.59. The van der Waals surface area contributed by atoms with Gasteiger partial charge >= 0.3 is 0 Å². The van der Waals surface area contributed by atoms with Gasteiger partial charge in [0.25, 0.3) is 10.1 Å². The van der Waals surface area contributed by atoms with Gasteiger partial charge in [0, 0.05) is 46.0 Å². The fourth-order valence-electron chi connectivity index (χ4n) is 4.66. The number of hydrogen-bond acceptors (Lipinski definition) is 6. The molecule has 1 aliphatic heterocycles. The Bertz CT molecular complexity index is 1180. The minimum Gasteiger partial charge on any atom is -0.360 e. The van der Waals surface area contributed by atoms with Crippen molar-refractivity contribution in [3.8, 4) is 11.3 Å². The highest BCUT2D eigenvalue weighted by Gasteiger charge is 2.37. The topological polar surface area (TPSA) is 120 Å². The smallest absolute Gasteiger partial charge is 0.294 e. The van der Waals surface area contributed by atoms with E-state index in [-0.39, 0.29) is 22.0 Å². The van der Waals surface area contributed by atoms with Crippen molar-refractivity contribution in [2.24, 2.45) is 0 Å². The molecule has 0 radical (unpaired) electrons. The van der Waals surface area contributed by atoms with Gasteiger partial charge in [-0.15, -0.1) is 0 Å². The van der Waals surface area contributed by atoms with Gasteiger partial charge in [0.05, 0.1) is 10.6 Å². The van der Waals surface area contributed by atoms with Crippen molar-refractivity contribution in [1.29, 1.82) is 0 Å². The molecule has 3 heterocycles. The van der Waals surface area contributed by atoms with Crippen LogP contribution in [-0.4, -0.2) is 45.0 Å². The zero-order chi connectivity index (χ0) is 21.7. The second-order valence-electron chi connectivity index (χ2n) is 9.29. The van der Waals surface area contributed by atoms with Gasteiger partial charge < -0.3 is 15.6 Å². The van der Waals surface area contributed by atoms with Crippen LogP contribution in [0, 0.1) is 0 Å². The third-order valence-electron chi connectivity index (χ3n) is 5.41. The SMILES string of the molecule is CC1(C)CC(Nc2nccc(-c3c[nH]c4cc(S(=O)(=O)O)ccc34)n2)CC(C)(C)N1. The van der Waals surface area contributed by atoms with Crippen molar-refractivity contribution < 1.29 is 13.0 Å². The number of anilines is 1. The molecule has 1 saturated heterocycles. The molecule has 160 valence electrons. The van der Waals surface area contributed by atoms with E-state index < -0.39 is 10.1 Å². The number of fused-ring (bicyclic) bond motifs is 1. The lowest BCUT2D eigenvalue weighted by molar-refractivity contribution is 0.170. The Morgan fingerprint density at radius 3 is 2.50 bits per heavy atom. The number of hydrogen-bond donors (Lipinski definition) is 4. The number of aromatic amines is 1. The van der Waals surface area contributed by atoms with E-state index in [0.29, 0.717) is 11.5 Å². The third-order valence-corrected chi connectivity index (χ3v) is 6.26. The van der Waals surface area contributed by atoms with Crippen molar-refractivity contribution in [3.63, 3.8) is 0 Å². The Labute approximate surface area is 176 Å². The molecule has 0 atom stereocenters. The number of rotatable bonds is 4. The molecule has 0 unspecified atom stereocenters. The molecule has 1 fully saturated rings. The highest BCUT2D eigenvalue weighted by molar-refractivity contribution is 7.85. The normalized spacial score (nSPS) is 19.1. The van der Waals surface area contributed by atoms with Crippen LogP contribution in [0.4, 0.5) is 5.95 Å². The number of piperidine rings is 1. The van der Waals surface area contributed by atoms with Gasteiger partial charge in [-0.3, -0.25) is 4.55 Å². The molecule has 0 amide bonds. The van der Waals surface area contributed by atoms with Crippen LogP contribution in [0.3, 0.4) is 0 Å². The molecule has 3 aromatic rings. The summed E-state index contributed by atoms with van der Waals surface area (Å²) in [6.45, 7) is 8.80. The average molecular weight is 430 g/mol. The van der Waals surface area contributed by atoms with Crippen LogP contribution in [0.5, 0.6) is 0 Å². The molecule has 30 heavy (non-hydrogen) atoms. The van der Waals surface area contributed by atoms with E-state index in [2.05, 4.69) is 48.3 Å². The van der Waals surface area contributed by atoms with E-state index in [1.54, 1.807) is 18.5 Å². The van der Waals surface area contributed by atoms with E-state index >= 15 is 0 Å². The number of nitrogens with one attached hydrogen (secondary N) is 3. The Morgan fingerprint density at radius 2 is 1.83 bits per heavy atom. The predicted molar refractivity (Wildman–Crippen MR) is 117 cm³/mol. The van der Waals surface area contributed by atoms with Crippen LogP contribution in [0.1, 0.15) is 40.5 Å². The van der Waals surface area contributed by atoms with Crippen molar-refractivity contribution in [2.75, 3.05) is 5.32 Å². The van der Waals surface area contributed by atoms with Crippen LogP contribution in [-0.2, 0) is 10.1 Å². The standard InChI is InChI=1S/C21H27N5O3S/c1-20(2)10-13(11-21(3,4)26-20)24-19-22-8-7-17(25-19)16-12-23-18-9-14(30(27,28)29)5-6-15(16)18/h5-9,12-13,23,26H,10-11H2,1-4H3,(H,22,24,25)(H,27,28,29). The molecule has 8 nitrogen and oxygen atoms in total. The lowest BCUT2D eigenvalue weighted by Crippen LogP contribution is -2.60. The van der Waals surface area contributed by atoms with E-state index in [0.717, 1.165) is 29.5 Å².